The van der Waals surface area contributed by atoms with E-state index < -0.39 is 0 Å². The van der Waals surface area contributed by atoms with Crippen molar-refractivity contribution in [1.29, 1.82) is 0 Å². The molecule has 1 aliphatic carbocycles. The second-order valence-corrected chi connectivity index (χ2v) is 3.99. The van der Waals surface area contributed by atoms with Crippen LogP contribution in [0.1, 0.15) is 34.3 Å². The molecule has 0 fully saturated rings. The van der Waals surface area contributed by atoms with E-state index in [1.54, 1.807) is 0 Å². The zero-order valence-electron chi connectivity index (χ0n) is 9.29. The Morgan fingerprint density at radius 2 is 2.19 bits per heavy atom. The lowest BCUT2D eigenvalue weighted by molar-refractivity contribution is -0.140. The monoisotopic (exact) mass is 218 g/mol. The summed E-state index contributed by atoms with van der Waals surface area (Å²) >= 11 is 0. The highest BCUT2D eigenvalue weighted by molar-refractivity contribution is 6.00. The summed E-state index contributed by atoms with van der Waals surface area (Å²) in [6.07, 6.45) is 2.47. The maximum absolute atomic E-state index is 11.5. The first-order chi connectivity index (χ1) is 7.70. The number of fused-ring (bicyclic) bond motifs is 1. The fourth-order valence-corrected chi connectivity index (χ4v) is 1.99. The summed E-state index contributed by atoms with van der Waals surface area (Å²) in [5, 5.41) is 0. The molecule has 0 aliphatic heterocycles. The summed E-state index contributed by atoms with van der Waals surface area (Å²) < 4.78 is 4.58. The van der Waals surface area contributed by atoms with Crippen molar-refractivity contribution in [3.63, 3.8) is 0 Å². The van der Waals surface area contributed by atoms with E-state index >= 15 is 0 Å². The number of esters is 1. The van der Waals surface area contributed by atoms with Crippen LogP contribution in [-0.2, 0) is 22.4 Å². The Labute approximate surface area is 94.4 Å². The van der Waals surface area contributed by atoms with E-state index in [-0.39, 0.29) is 11.8 Å². The molecule has 0 amide bonds. The van der Waals surface area contributed by atoms with E-state index in [0.717, 1.165) is 23.1 Å². The molecule has 1 aromatic rings. The van der Waals surface area contributed by atoms with Gasteiger partial charge in [0.25, 0.3) is 0 Å². The molecule has 0 saturated heterocycles. The van der Waals surface area contributed by atoms with Crippen molar-refractivity contribution in [2.24, 2.45) is 0 Å². The van der Waals surface area contributed by atoms with Crippen molar-refractivity contribution in [3.05, 3.63) is 34.9 Å². The summed E-state index contributed by atoms with van der Waals surface area (Å²) in [4.78, 5) is 22.5. The van der Waals surface area contributed by atoms with Gasteiger partial charge in [0.15, 0.2) is 5.78 Å². The number of carbonyl (C=O) groups is 2. The third-order valence-corrected chi connectivity index (χ3v) is 2.94. The molecule has 1 aliphatic rings. The first kappa shape index (κ1) is 10.9. The minimum Gasteiger partial charge on any atom is -0.469 e. The lowest BCUT2D eigenvalue weighted by Gasteiger charge is -2.03. The van der Waals surface area contributed by atoms with E-state index in [2.05, 4.69) is 4.74 Å². The molecule has 0 saturated carbocycles. The minimum atomic E-state index is -0.216. The lowest BCUT2D eigenvalue weighted by atomic mass is 10.0. The normalized spacial score (nSPS) is 13.7. The standard InChI is InChI=1S/C13H14O3/c1-16-13(15)7-3-9-2-4-10-5-6-12(14)11(10)8-9/h2,4,8H,3,5-7H2,1H3. The molecule has 0 spiro atoms. The van der Waals surface area contributed by atoms with Gasteiger partial charge in [0.1, 0.15) is 0 Å². The van der Waals surface area contributed by atoms with Crippen LogP contribution in [0.15, 0.2) is 18.2 Å². The summed E-state index contributed by atoms with van der Waals surface area (Å²) in [7, 11) is 1.38. The molecule has 0 N–H and O–H groups in total. The van der Waals surface area contributed by atoms with Crippen LogP contribution in [0.5, 0.6) is 0 Å². The van der Waals surface area contributed by atoms with Crippen LogP contribution in [-0.4, -0.2) is 18.9 Å². The second kappa shape index (κ2) is 4.47. The third-order valence-electron chi connectivity index (χ3n) is 2.94. The average Bonchev–Trinajstić information content (AvgIpc) is 2.68. The van der Waals surface area contributed by atoms with E-state index in [0.29, 0.717) is 19.3 Å². The highest BCUT2D eigenvalue weighted by Crippen LogP contribution is 2.23. The molecule has 0 bridgehead atoms. The van der Waals surface area contributed by atoms with Crippen LogP contribution >= 0.6 is 0 Å². The van der Waals surface area contributed by atoms with Gasteiger partial charge in [0, 0.05) is 18.4 Å². The van der Waals surface area contributed by atoms with Crippen molar-refractivity contribution in [3.8, 4) is 0 Å². The lowest BCUT2D eigenvalue weighted by Crippen LogP contribution is -2.02. The molecule has 0 aromatic heterocycles. The van der Waals surface area contributed by atoms with Gasteiger partial charge in [-0.15, -0.1) is 0 Å². The van der Waals surface area contributed by atoms with Gasteiger partial charge in [-0.25, -0.2) is 0 Å². The predicted octanol–water partition coefficient (Wildman–Crippen LogP) is 1.92. The quantitative estimate of drug-likeness (QED) is 0.728. The number of hydrogen-bond acceptors (Lipinski definition) is 3. The van der Waals surface area contributed by atoms with Crippen LogP contribution in [0.2, 0.25) is 0 Å². The highest BCUT2D eigenvalue weighted by Gasteiger charge is 2.19. The van der Waals surface area contributed by atoms with Crippen LogP contribution in [0.25, 0.3) is 0 Å². The van der Waals surface area contributed by atoms with Gasteiger partial charge < -0.3 is 4.74 Å². The maximum atomic E-state index is 11.5. The number of ether oxygens (including phenoxy) is 1. The van der Waals surface area contributed by atoms with E-state index in [4.69, 9.17) is 0 Å². The summed E-state index contributed by atoms with van der Waals surface area (Å²) in [5.41, 5.74) is 2.99. The number of methoxy groups -OCH3 is 1. The average molecular weight is 218 g/mol. The van der Waals surface area contributed by atoms with Gasteiger partial charge in [0.05, 0.1) is 7.11 Å². The molecule has 16 heavy (non-hydrogen) atoms. The Morgan fingerprint density at radius 1 is 1.38 bits per heavy atom. The number of Topliss-reactive ketones (excluding diaryl/α,β-unsaturated/α-hetero) is 1. The zero-order chi connectivity index (χ0) is 11.5. The number of aryl methyl sites for hydroxylation is 2. The molecule has 84 valence electrons. The highest BCUT2D eigenvalue weighted by atomic mass is 16.5. The van der Waals surface area contributed by atoms with Crippen molar-refractivity contribution in [2.75, 3.05) is 7.11 Å². The Bertz CT molecular complexity index is 435. The van der Waals surface area contributed by atoms with Crippen molar-refractivity contribution >= 4 is 11.8 Å². The Morgan fingerprint density at radius 3 is 2.94 bits per heavy atom. The molecular weight excluding hydrogens is 204 g/mol. The van der Waals surface area contributed by atoms with Crippen LogP contribution in [0, 0.1) is 0 Å². The Balaban J connectivity index is 2.09. The van der Waals surface area contributed by atoms with Gasteiger partial charge in [-0.1, -0.05) is 12.1 Å². The Hall–Kier alpha value is -1.64. The second-order valence-electron chi connectivity index (χ2n) is 3.99. The third kappa shape index (κ3) is 2.13. The molecule has 0 radical (unpaired) electrons. The molecule has 3 heteroatoms. The summed E-state index contributed by atoms with van der Waals surface area (Å²) in [6.45, 7) is 0. The molecule has 0 unspecified atom stereocenters. The SMILES string of the molecule is COC(=O)CCc1ccc2c(c1)C(=O)CC2. The molecule has 0 heterocycles. The molecule has 0 atom stereocenters. The predicted molar refractivity (Wildman–Crippen MR) is 59.4 cm³/mol. The Kier molecular flexibility index (Phi) is 3.04. The zero-order valence-corrected chi connectivity index (χ0v) is 9.29. The van der Waals surface area contributed by atoms with Crippen LogP contribution in [0.3, 0.4) is 0 Å². The molecule has 2 rings (SSSR count). The van der Waals surface area contributed by atoms with Crippen molar-refractivity contribution in [2.45, 2.75) is 25.7 Å². The summed E-state index contributed by atoms with van der Waals surface area (Å²) in [6, 6.07) is 5.89. The van der Waals surface area contributed by atoms with Crippen LogP contribution < -0.4 is 0 Å². The van der Waals surface area contributed by atoms with Gasteiger partial charge in [-0.3, -0.25) is 9.59 Å². The number of benzene rings is 1. The van der Waals surface area contributed by atoms with E-state index in [9.17, 15) is 9.59 Å². The topological polar surface area (TPSA) is 43.4 Å². The first-order valence-electron chi connectivity index (χ1n) is 5.42. The van der Waals surface area contributed by atoms with Gasteiger partial charge in [-0.2, -0.15) is 0 Å². The van der Waals surface area contributed by atoms with E-state index in [1.807, 2.05) is 18.2 Å². The minimum absolute atomic E-state index is 0.216. The first-order valence-corrected chi connectivity index (χ1v) is 5.42. The van der Waals surface area contributed by atoms with E-state index in [1.165, 1.54) is 7.11 Å². The molecule has 1 aromatic carbocycles. The van der Waals surface area contributed by atoms with Gasteiger partial charge in [0.2, 0.25) is 0 Å². The number of hydrogen-bond donors (Lipinski definition) is 0. The summed E-state index contributed by atoms with van der Waals surface area (Å²) in [5.74, 6) is 0.00161. The van der Waals surface area contributed by atoms with Crippen molar-refractivity contribution in [1.82, 2.24) is 0 Å². The van der Waals surface area contributed by atoms with Crippen molar-refractivity contribution < 1.29 is 14.3 Å². The molecule has 3 nitrogen and oxygen atoms in total. The number of ketones is 1. The van der Waals surface area contributed by atoms with Crippen LogP contribution in [0.4, 0.5) is 0 Å². The fourth-order valence-electron chi connectivity index (χ4n) is 1.99. The largest absolute Gasteiger partial charge is 0.469 e. The molecular formula is C13H14O3. The maximum Gasteiger partial charge on any atom is 0.305 e. The van der Waals surface area contributed by atoms with Gasteiger partial charge >= 0.3 is 5.97 Å². The van der Waals surface area contributed by atoms with Gasteiger partial charge in [-0.05, 0) is 30.0 Å². The number of carbonyl (C=O) groups excluding carboxylic acids is 2. The fraction of sp³-hybridized carbons (Fsp3) is 0.385. The number of rotatable bonds is 3. The smallest absolute Gasteiger partial charge is 0.305 e.